The van der Waals surface area contributed by atoms with E-state index >= 15 is 0 Å². The number of halogens is 1. The molecule has 0 aliphatic heterocycles. The van der Waals surface area contributed by atoms with Crippen LogP contribution in [0.2, 0.25) is 0 Å². The van der Waals surface area contributed by atoms with Crippen molar-refractivity contribution in [2.75, 3.05) is 25.6 Å². The van der Waals surface area contributed by atoms with Crippen LogP contribution in [0.4, 0.5) is 4.39 Å². The monoisotopic (exact) mass is 278 g/mol. The Balaban J connectivity index is 0. The Hall–Kier alpha value is 0.800. The van der Waals surface area contributed by atoms with Crippen molar-refractivity contribution in [2.24, 2.45) is 0 Å². The minimum Gasteiger partial charge on any atom is -0.748 e. The van der Waals surface area contributed by atoms with Gasteiger partial charge in [-0.05, 0) is 19.3 Å². The molecule has 0 saturated heterocycles. The Kier molecular flexibility index (Phi) is 15.7. The zero-order chi connectivity index (χ0) is 12.3. The number of rotatable bonds is 11. The molecule has 0 aliphatic carbocycles. The first kappa shape index (κ1) is 20.1. The van der Waals surface area contributed by atoms with Gasteiger partial charge in [-0.15, -0.1) is 0 Å². The standard InChI is InChI=1S/C10H21FO4S.Na/c11-7-4-2-1-3-5-8-15-9-6-10-16(12,13)14;/h1-10H2,(H,12,13,14);/q;+1/p-1. The van der Waals surface area contributed by atoms with Gasteiger partial charge in [0.05, 0.1) is 16.8 Å². The van der Waals surface area contributed by atoms with E-state index in [1.807, 2.05) is 0 Å². The molecule has 0 spiro atoms. The predicted molar refractivity (Wildman–Crippen MR) is 59.1 cm³/mol. The van der Waals surface area contributed by atoms with E-state index in [1.54, 1.807) is 0 Å². The summed E-state index contributed by atoms with van der Waals surface area (Å²) in [6, 6.07) is 0. The minimum atomic E-state index is -4.10. The summed E-state index contributed by atoms with van der Waals surface area (Å²) in [6.45, 7) is 0.640. The van der Waals surface area contributed by atoms with Crippen LogP contribution in [0.3, 0.4) is 0 Å². The van der Waals surface area contributed by atoms with Crippen LogP contribution < -0.4 is 29.6 Å². The van der Waals surface area contributed by atoms with Crippen LogP contribution in [0.5, 0.6) is 0 Å². The first-order valence-electron chi connectivity index (χ1n) is 5.63. The molecule has 0 atom stereocenters. The molecule has 0 aromatic heterocycles. The second kappa shape index (κ2) is 13.2. The quantitative estimate of drug-likeness (QED) is 0.272. The maximum atomic E-state index is 11.7. The average molecular weight is 278 g/mol. The average Bonchev–Trinajstić information content (AvgIpc) is 2.19. The molecule has 17 heavy (non-hydrogen) atoms. The first-order chi connectivity index (χ1) is 7.56. The summed E-state index contributed by atoms with van der Waals surface area (Å²) in [5, 5.41) is 0. The second-order valence-electron chi connectivity index (χ2n) is 3.68. The fourth-order valence-corrected chi connectivity index (χ4v) is 1.74. The molecule has 0 aromatic carbocycles. The molecule has 7 heteroatoms. The van der Waals surface area contributed by atoms with Crippen LogP contribution in [0.15, 0.2) is 0 Å². The van der Waals surface area contributed by atoms with Gasteiger partial charge in [0.15, 0.2) is 0 Å². The van der Waals surface area contributed by atoms with E-state index in [0.29, 0.717) is 19.6 Å². The maximum absolute atomic E-state index is 11.7. The van der Waals surface area contributed by atoms with E-state index in [1.165, 1.54) is 0 Å². The van der Waals surface area contributed by atoms with E-state index in [-0.39, 0.29) is 48.4 Å². The van der Waals surface area contributed by atoms with E-state index in [0.717, 1.165) is 25.7 Å². The van der Waals surface area contributed by atoms with Crippen molar-refractivity contribution in [1.82, 2.24) is 0 Å². The summed E-state index contributed by atoms with van der Waals surface area (Å²) in [7, 11) is -4.10. The van der Waals surface area contributed by atoms with Crippen molar-refractivity contribution in [3.05, 3.63) is 0 Å². The molecule has 0 fully saturated rings. The molecule has 0 aromatic rings. The fraction of sp³-hybridized carbons (Fsp3) is 1.00. The van der Waals surface area contributed by atoms with E-state index in [4.69, 9.17) is 4.74 Å². The van der Waals surface area contributed by atoms with Crippen LogP contribution >= 0.6 is 0 Å². The summed E-state index contributed by atoms with van der Waals surface area (Å²) in [4.78, 5) is 0. The van der Waals surface area contributed by atoms with E-state index in [9.17, 15) is 17.4 Å². The van der Waals surface area contributed by atoms with Gasteiger partial charge in [0.25, 0.3) is 0 Å². The number of hydrogen-bond acceptors (Lipinski definition) is 4. The number of alkyl halides is 1. The van der Waals surface area contributed by atoms with Gasteiger partial charge in [-0.3, -0.25) is 4.39 Å². The van der Waals surface area contributed by atoms with Crippen molar-refractivity contribution in [3.8, 4) is 0 Å². The van der Waals surface area contributed by atoms with Gasteiger partial charge in [-0.25, -0.2) is 8.42 Å². The fourth-order valence-electron chi connectivity index (χ4n) is 1.27. The topological polar surface area (TPSA) is 66.4 Å². The molecule has 0 N–H and O–H groups in total. The zero-order valence-electron chi connectivity index (χ0n) is 10.5. The molecule has 98 valence electrons. The van der Waals surface area contributed by atoms with E-state index < -0.39 is 10.1 Å². The van der Waals surface area contributed by atoms with Crippen LogP contribution in [0, 0.1) is 0 Å². The van der Waals surface area contributed by atoms with Crippen molar-refractivity contribution >= 4 is 10.1 Å². The molecule has 0 rings (SSSR count). The molecule has 0 heterocycles. The summed E-state index contributed by atoms with van der Waals surface area (Å²) < 4.78 is 47.5. The van der Waals surface area contributed by atoms with Crippen molar-refractivity contribution < 1.29 is 51.7 Å². The summed E-state index contributed by atoms with van der Waals surface area (Å²) >= 11 is 0. The molecule has 0 bridgehead atoms. The Labute approximate surface area is 125 Å². The molecule has 0 unspecified atom stereocenters. The van der Waals surface area contributed by atoms with Gasteiger partial charge in [-0.2, -0.15) is 0 Å². The number of unbranched alkanes of at least 4 members (excludes halogenated alkanes) is 4. The SMILES string of the molecule is O=S(=O)([O-])CCCOCCCCCCCF.[Na+]. The Morgan fingerprint density at radius 3 is 2.06 bits per heavy atom. The van der Waals surface area contributed by atoms with Crippen LogP contribution in [-0.2, 0) is 14.9 Å². The summed E-state index contributed by atoms with van der Waals surface area (Å²) in [5.74, 6) is -0.358. The van der Waals surface area contributed by atoms with Gasteiger partial charge < -0.3 is 9.29 Å². The van der Waals surface area contributed by atoms with Gasteiger partial charge in [-0.1, -0.05) is 19.3 Å². The van der Waals surface area contributed by atoms with E-state index in [2.05, 4.69) is 0 Å². The maximum Gasteiger partial charge on any atom is 1.00 e. The van der Waals surface area contributed by atoms with Crippen LogP contribution in [0.1, 0.15) is 38.5 Å². The van der Waals surface area contributed by atoms with Gasteiger partial charge in [0, 0.05) is 19.0 Å². The third-order valence-corrected chi connectivity index (χ3v) is 2.89. The van der Waals surface area contributed by atoms with Gasteiger partial charge in [0.2, 0.25) is 0 Å². The Morgan fingerprint density at radius 1 is 0.941 bits per heavy atom. The van der Waals surface area contributed by atoms with Crippen LogP contribution in [0.25, 0.3) is 0 Å². The summed E-state index contributed by atoms with van der Waals surface area (Å²) in [5.41, 5.74) is 0. The smallest absolute Gasteiger partial charge is 0.748 e. The number of ether oxygens (including phenoxy) is 1. The van der Waals surface area contributed by atoms with Crippen LogP contribution in [-0.4, -0.2) is 38.6 Å². The first-order valence-corrected chi connectivity index (χ1v) is 7.21. The van der Waals surface area contributed by atoms with Crippen molar-refractivity contribution in [3.63, 3.8) is 0 Å². The molecule has 0 radical (unpaired) electrons. The van der Waals surface area contributed by atoms with Gasteiger partial charge >= 0.3 is 29.6 Å². The minimum absolute atomic E-state index is 0. The second-order valence-corrected chi connectivity index (χ2v) is 5.21. The molecular formula is C10H20FNaO4S. The molecular weight excluding hydrogens is 258 g/mol. The molecule has 0 saturated carbocycles. The Morgan fingerprint density at radius 2 is 1.47 bits per heavy atom. The Bertz CT molecular complexity index is 247. The molecule has 0 amide bonds. The zero-order valence-corrected chi connectivity index (χ0v) is 13.3. The van der Waals surface area contributed by atoms with Crippen molar-refractivity contribution in [2.45, 2.75) is 38.5 Å². The largest absolute Gasteiger partial charge is 1.00 e. The predicted octanol–water partition coefficient (Wildman–Crippen LogP) is -1.14. The van der Waals surface area contributed by atoms with Crippen molar-refractivity contribution in [1.29, 1.82) is 0 Å². The third-order valence-electron chi connectivity index (χ3n) is 2.11. The molecule has 0 aliphatic rings. The normalized spacial score (nSPS) is 11.2. The van der Waals surface area contributed by atoms with Gasteiger partial charge in [0.1, 0.15) is 0 Å². The summed E-state index contributed by atoms with van der Waals surface area (Å²) in [6.07, 6.45) is 4.69. The molecule has 4 nitrogen and oxygen atoms in total. The third kappa shape index (κ3) is 19.3. The number of hydrogen-bond donors (Lipinski definition) is 0.